The number of nitrogens with zero attached hydrogens (tertiary/aromatic N) is 4. The van der Waals surface area contributed by atoms with Gasteiger partial charge in [-0.25, -0.2) is 0 Å². The Morgan fingerprint density at radius 2 is 0.541 bits per heavy atom. The molecule has 176 valence electrons. The Bertz CT molecular complexity index is 1380. The molecule has 4 nitrogen and oxygen atoms in total. The lowest BCUT2D eigenvalue weighted by atomic mass is 9.91. The van der Waals surface area contributed by atoms with Gasteiger partial charge >= 0.3 is 0 Å². The second-order valence-electron chi connectivity index (χ2n) is 8.96. The quantitative estimate of drug-likeness (QED) is 0.249. The molecule has 2 aromatic carbocycles. The Hall–Kier alpha value is -4.96. The summed E-state index contributed by atoms with van der Waals surface area (Å²) < 4.78 is 0. The lowest BCUT2D eigenvalue weighted by Gasteiger charge is -2.13. The van der Waals surface area contributed by atoms with E-state index in [2.05, 4.69) is 105 Å². The maximum Gasteiger partial charge on any atom is 0.0273 e. The number of rotatable bonds is 6. The molecule has 6 rings (SSSR count). The second-order valence-corrected chi connectivity index (χ2v) is 8.96. The van der Waals surface area contributed by atoms with E-state index in [0.717, 1.165) is 28.7 Å². The average molecular weight is 477 g/mol. The van der Waals surface area contributed by atoms with Gasteiger partial charge in [-0.2, -0.15) is 0 Å². The van der Waals surface area contributed by atoms with Crippen LogP contribution in [-0.2, 0) is 6.42 Å². The van der Waals surface area contributed by atoms with Crippen molar-refractivity contribution in [2.45, 2.75) is 6.42 Å². The number of benzene rings is 2. The largest absolute Gasteiger partial charge is 0.265 e. The third-order valence-electron chi connectivity index (χ3n) is 6.45. The predicted molar refractivity (Wildman–Crippen MR) is 149 cm³/mol. The Labute approximate surface area is 216 Å². The molecule has 0 N–H and O–H groups in total. The van der Waals surface area contributed by atoms with Crippen LogP contribution in [0.4, 0.5) is 0 Å². The molecular weight excluding hydrogens is 452 g/mol. The molecule has 0 fully saturated rings. The predicted octanol–water partition coefficient (Wildman–Crippen LogP) is 7.53. The third kappa shape index (κ3) is 5.19. The fraction of sp³-hybridized carbons (Fsp3) is 0.0303. The van der Waals surface area contributed by atoms with Gasteiger partial charge in [0.2, 0.25) is 0 Å². The molecule has 0 amide bonds. The summed E-state index contributed by atoms with van der Waals surface area (Å²) in [5, 5.41) is 0. The van der Waals surface area contributed by atoms with Gasteiger partial charge in [0.15, 0.2) is 0 Å². The number of pyridine rings is 4. The van der Waals surface area contributed by atoms with Crippen LogP contribution in [-0.4, -0.2) is 19.9 Å². The zero-order valence-electron chi connectivity index (χ0n) is 20.2. The summed E-state index contributed by atoms with van der Waals surface area (Å²) in [6, 6.07) is 30.1. The molecule has 37 heavy (non-hydrogen) atoms. The lowest BCUT2D eigenvalue weighted by Crippen LogP contribution is -1.94. The summed E-state index contributed by atoms with van der Waals surface area (Å²) in [6.07, 6.45) is 15.5. The van der Waals surface area contributed by atoms with E-state index < -0.39 is 0 Å². The van der Waals surface area contributed by atoms with E-state index in [0.29, 0.717) is 0 Å². The third-order valence-corrected chi connectivity index (χ3v) is 6.45. The highest BCUT2D eigenvalue weighted by molar-refractivity contribution is 5.76. The first kappa shape index (κ1) is 22.5. The van der Waals surface area contributed by atoms with Crippen LogP contribution in [0, 0.1) is 0 Å². The molecule has 0 radical (unpaired) electrons. The molecule has 0 aliphatic carbocycles. The Kier molecular flexibility index (Phi) is 6.29. The van der Waals surface area contributed by atoms with E-state index in [4.69, 9.17) is 0 Å². The van der Waals surface area contributed by atoms with Gasteiger partial charge in [0.1, 0.15) is 0 Å². The van der Waals surface area contributed by atoms with Gasteiger partial charge in [-0.05, 0) is 123 Å². The monoisotopic (exact) mass is 476 g/mol. The zero-order chi connectivity index (χ0) is 24.9. The van der Waals surface area contributed by atoms with Gasteiger partial charge in [0.05, 0.1) is 0 Å². The van der Waals surface area contributed by atoms with Crippen molar-refractivity contribution >= 4 is 0 Å². The molecule has 0 saturated carbocycles. The van der Waals surface area contributed by atoms with Crippen LogP contribution in [0.5, 0.6) is 0 Å². The Morgan fingerprint density at radius 3 is 0.784 bits per heavy atom. The minimum absolute atomic E-state index is 0.800. The Morgan fingerprint density at radius 1 is 0.297 bits per heavy atom. The van der Waals surface area contributed by atoms with Crippen LogP contribution < -0.4 is 0 Å². The minimum atomic E-state index is 0.800. The van der Waals surface area contributed by atoms with Crippen molar-refractivity contribution in [3.8, 4) is 44.5 Å². The van der Waals surface area contributed by atoms with Crippen molar-refractivity contribution < 1.29 is 0 Å². The molecule has 4 heteroatoms. The van der Waals surface area contributed by atoms with Crippen molar-refractivity contribution in [2.24, 2.45) is 0 Å². The highest BCUT2D eigenvalue weighted by Crippen LogP contribution is 2.32. The van der Waals surface area contributed by atoms with Gasteiger partial charge in [-0.3, -0.25) is 19.9 Å². The molecule has 0 aliphatic rings. The molecule has 0 atom stereocenters. The van der Waals surface area contributed by atoms with Crippen LogP contribution >= 0.6 is 0 Å². The van der Waals surface area contributed by atoms with Gasteiger partial charge in [0, 0.05) is 49.6 Å². The van der Waals surface area contributed by atoms with Crippen LogP contribution in [0.15, 0.2) is 135 Å². The molecule has 4 heterocycles. The molecule has 4 aromatic heterocycles. The summed E-state index contributed by atoms with van der Waals surface area (Å²) in [4.78, 5) is 16.8. The summed E-state index contributed by atoms with van der Waals surface area (Å²) in [7, 11) is 0. The van der Waals surface area contributed by atoms with E-state index in [-0.39, 0.29) is 0 Å². The number of hydrogen-bond donors (Lipinski definition) is 0. The Balaban J connectivity index is 1.46. The van der Waals surface area contributed by atoms with E-state index in [1.54, 1.807) is 0 Å². The molecule has 0 saturated heterocycles. The van der Waals surface area contributed by atoms with Gasteiger partial charge in [0.25, 0.3) is 0 Å². The van der Waals surface area contributed by atoms with E-state index in [9.17, 15) is 0 Å². The van der Waals surface area contributed by atoms with Gasteiger partial charge in [-0.1, -0.05) is 24.3 Å². The highest BCUT2D eigenvalue weighted by atomic mass is 14.6. The molecule has 0 bridgehead atoms. The summed E-state index contributed by atoms with van der Waals surface area (Å²) in [5.74, 6) is 0. The molecule has 0 spiro atoms. The topological polar surface area (TPSA) is 51.6 Å². The first-order chi connectivity index (χ1) is 18.3. The fourth-order valence-electron chi connectivity index (χ4n) is 4.67. The van der Waals surface area contributed by atoms with E-state index in [1.807, 2.05) is 49.6 Å². The summed E-state index contributed by atoms with van der Waals surface area (Å²) in [5.41, 5.74) is 11.8. The van der Waals surface area contributed by atoms with Crippen molar-refractivity contribution in [3.63, 3.8) is 0 Å². The number of aromatic nitrogens is 4. The van der Waals surface area contributed by atoms with E-state index in [1.165, 1.54) is 33.4 Å². The van der Waals surface area contributed by atoms with Crippen LogP contribution in [0.25, 0.3) is 44.5 Å². The fourth-order valence-corrected chi connectivity index (χ4v) is 4.67. The van der Waals surface area contributed by atoms with Crippen LogP contribution in [0.3, 0.4) is 0 Å². The van der Waals surface area contributed by atoms with Gasteiger partial charge < -0.3 is 0 Å². The van der Waals surface area contributed by atoms with Crippen LogP contribution in [0.2, 0.25) is 0 Å². The molecule has 6 aromatic rings. The normalized spacial score (nSPS) is 10.8. The van der Waals surface area contributed by atoms with Crippen molar-refractivity contribution in [2.75, 3.05) is 0 Å². The maximum atomic E-state index is 4.20. The van der Waals surface area contributed by atoms with Crippen molar-refractivity contribution in [3.05, 3.63) is 146 Å². The SMILES string of the molecule is c1cc(-c2cc(Cc3cc(-c4ccncc4)cc(-c4ccncc4)c3)cc(-c3ccncc3)c2)ccn1. The van der Waals surface area contributed by atoms with Crippen LogP contribution in [0.1, 0.15) is 11.1 Å². The lowest BCUT2D eigenvalue weighted by molar-refractivity contribution is 1.19. The standard InChI is InChI=1S/C33H24N4/c1-9-34-10-2-26(1)30-18-24(19-31(22-30)27-3-11-35-12-4-27)17-25-20-32(28-5-13-36-14-6-28)23-33(21-25)29-7-15-37-16-8-29/h1-16,18-23H,17H2. The second kappa shape index (κ2) is 10.3. The first-order valence-electron chi connectivity index (χ1n) is 12.2. The van der Waals surface area contributed by atoms with E-state index >= 15 is 0 Å². The number of hydrogen-bond acceptors (Lipinski definition) is 4. The smallest absolute Gasteiger partial charge is 0.0273 e. The van der Waals surface area contributed by atoms with Gasteiger partial charge in [-0.15, -0.1) is 0 Å². The average Bonchev–Trinajstić information content (AvgIpc) is 2.99. The molecular formula is C33H24N4. The van der Waals surface area contributed by atoms with Crippen molar-refractivity contribution in [1.29, 1.82) is 0 Å². The zero-order valence-corrected chi connectivity index (χ0v) is 20.2. The minimum Gasteiger partial charge on any atom is -0.265 e. The molecule has 0 unspecified atom stereocenters. The highest BCUT2D eigenvalue weighted by Gasteiger charge is 2.10. The maximum absolute atomic E-state index is 4.20. The van der Waals surface area contributed by atoms with Crippen molar-refractivity contribution in [1.82, 2.24) is 19.9 Å². The summed E-state index contributed by atoms with van der Waals surface area (Å²) in [6.45, 7) is 0. The molecule has 0 aliphatic heterocycles. The summed E-state index contributed by atoms with van der Waals surface area (Å²) >= 11 is 0. The first-order valence-corrected chi connectivity index (χ1v) is 12.2.